The van der Waals surface area contributed by atoms with Gasteiger partial charge in [0.2, 0.25) is 5.91 Å². The number of anilines is 1. The molecule has 164 valence electrons. The molecule has 1 aliphatic rings. The zero-order valence-corrected chi connectivity index (χ0v) is 19.2. The minimum Gasteiger partial charge on any atom is -0.368 e. The maximum atomic E-state index is 15.6. The molecule has 4 aromatic rings. The third-order valence-electron chi connectivity index (χ3n) is 5.60. The van der Waals surface area contributed by atoms with Crippen molar-refractivity contribution in [3.8, 4) is 11.1 Å². The van der Waals surface area contributed by atoms with Crippen LogP contribution in [0.1, 0.15) is 17.5 Å². The van der Waals surface area contributed by atoms with Crippen molar-refractivity contribution in [2.45, 2.75) is 18.9 Å². The molecular weight excluding hydrogens is 470 g/mol. The minimum absolute atomic E-state index is 0. The molecule has 9 heteroatoms. The summed E-state index contributed by atoms with van der Waals surface area (Å²) in [4.78, 5) is 22.2. The van der Waals surface area contributed by atoms with E-state index in [1.165, 1.54) is 11.3 Å². The molecule has 0 spiro atoms. The van der Waals surface area contributed by atoms with Gasteiger partial charge >= 0.3 is 0 Å². The van der Waals surface area contributed by atoms with Crippen LogP contribution in [0.25, 0.3) is 21.3 Å². The van der Waals surface area contributed by atoms with Crippen LogP contribution in [0.5, 0.6) is 0 Å². The summed E-state index contributed by atoms with van der Waals surface area (Å²) in [5.74, 6) is 0.0590. The number of amides is 1. The summed E-state index contributed by atoms with van der Waals surface area (Å²) >= 11 is 7.62. The molecule has 1 atom stereocenters. The Morgan fingerprint density at radius 1 is 1.25 bits per heavy atom. The summed E-state index contributed by atoms with van der Waals surface area (Å²) in [5, 5.41) is 0.547. The monoisotopic (exact) mass is 488 g/mol. The Morgan fingerprint density at radius 3 is 2.75 bits per heavy atom. The molecule has 0 bridgehead atoms. The number of thiazole rings is 1. The minimum atomic E-state index is -0.342. The van der Waals surface area contributed by atoms with E-state index in [-0.39, 0.29) is 30.2 Å². The van der Waals surface area contributed by atoms with Gasteiger partial charge in [-0.15, -0.1) is 23.7 Å². The lowest BCUT2D eigenvalue weighted by Crippen LogP contribution is -2.55. The van der Waals surface area contributed by atoms with Crippen molar-refractivity contribution in [3.63, 3.8) is 0 Å². The quantitative estimate of drug-likeness (QED) is 0.417. The second kappa shape index (κ2) is 9.02. The van der Waals surface area contributed by atoms with Gasteiger partial charge in [-0.25, -0.2) is 14.4 Å². The zero-order valence-electron chi connectivity index (χ0n) is 16.8. The van der Waals surface area contributed by atoms with Crippen LogP contribution in [0.2, 0.25) is 5.02 Å². The summed E-state index contributed by atoms with van der Waals surface area (Å²) in [7, 11) is 0. The van der Waals surface area contributed by atoms with Crippen LogP contribution >= 0.6 is 35.3 Å². The van der Waals surface area contributed by atoms with Gasteiger partial charge in [-0.3, -0.25) is 4.79 Å². The number of fused-ring (bicyclic) bond motifs is 1. The Labute approximate surface area is 199 Å². The first-order valence-electron chi connectivity index (χ1n) is 9.82. The fourth-order valence-electron chi connectivity index (χ4n) is 3.94. The van der Waals surface area contributed by atoms with Crippen molar-refractivity contribution in [3.05, 3.63) is 76.1 Å². The van der Waals surface area contributed by atoms with E-state index in [0.29, 0.717) is 39.5 Å². The fourth-order valence-corrected chi connectivity index (χ4v) is 4.87. The van der Waals surface area contributed by atoms with E-state index in [1.807, 2.05) is 29.2 Å². The number of primary amides is 1. The van der Waals surface area contributed by atoms with Gasteiger partial charge in [0, 0.05) is 29.7 Å². The number of hydrogen-bond donors (Lipinski definition) is 1. The molecule has 0 radical (unpaired) electrons. The number of nitrogens with zero attached hydrogens (tertiary/aromatic N) is 3. The maximum absolute atomic E-state index is 15.6. The molecule has 1 fully saturated rings. The van der Waals surface area contributed by atoms with Gasteiger partial charge in [-0.05, 0) is 47.4 Å². The summed E-state index contributed by atoms with van der Waals surface area (Å²) in [6, 6.07) is 12.5. The molecule has 1 saturated heterocycles. The standard InChI is InChI=1S/C23H18ClFN4OS.ClH/c24-16-3-1-2-14(9-16)20-21(25)15(10-18-22(20)28-12-31-18)8-13-4-5-19(27-11-13)29-7-6-17(29)23(26)30;/h1-5,9-12,17H,6-8H2,(H2,26,30);1H/t17-;/m1./s1. The lowest BCUT2D eigenvalue weighted by atomic mass is 9.97. The number of pyridine rings is 1. The molecule has 2 N–H and O–H groups in total. The lowest BCUT2D eigenvalue weighted by Gasteiger charge is -2.39. The summed E-state index contributed by atoms with van der Waals surface area (Å²) in [6.45, 7) is 0.750. The molecule has 1 amide bonds. The molecule has 5 rings (SSSR count). The molecule has 0 saturated carbocycles. The number of carbonyl (C=O) groups is 1. The third-order valence-corrected chi connectivity index (χ3v) is 6.61. The highest BCUT2D eigenvalue weighted by atomic mass is 35.5. The van der Waals surface area contributed by atoms with E-state index < -0.39 is 0 Å². The molecule has 2 aromatic carbocycles. The topological polar surface area (TPSA) is 72.1 Å². The molecule has 0 unspecified atom stereocenters. The zero-order chi connectivity index (χ0) is 21.5. The van der Waals surface area contributed by atoms with Crippen LogP contribution in [0.15, 0.2) is 54.2 Å². The Bertz CT molecular complexity index is 1300. The number of halogens is 3. The second-order valence-corrected chi connectivity index (χ2v) is 8.86. The van der Waals surface area contributed by atoms with Crippen LogP contribution in [-0.2, 0) is 11.2 Å². The van der Waals surface area contributed by atoms with Gasteiger partial charge in [0.15, 0.2) is 0 Å². The molecule has 2 aromatic heterocycles. The van der Waals surface area contributed by atoms with E-state index in [9.17, 15) is 4.79 Å². The predicted octanol–water partition coefficient (Wildman–Crippen LogP) is 5.23. The van der Waals surface area contributed by atoms with E-state index >= 15 is 4.39 Å². The van der Waals surface area contributed by atoms with Crippen molar-refractivity contribution >= 4 is 57.3 Å². The molecule has 32 heavy (non-hydrogen) atoms. The van der Waals surface area contributed by atoms with Gasteiger partial charge in [0.25, 0.3) is 0 Å². The number of benzene rings is 2. The van der Waals surface area contributed by atoms with E-state index in [4.69, 9.17) is 17.3 Å². The summed E-state index contributed by atoms with van der Waals surface area (Å²) in [6.07, 6.45) is 2.85. The van der Waals surface area contributed by atoms with Gasteiger partial charge in [0.05, 0.1) is 15.7 Å². The number of hydrogen-bond acceptors (Lipinski definition) is 5. The average Bonchev–Trinajstić information content (AvgIpc) is 3.16. The molecule has 3 heterocycles. The SMILES string of the molecule is Cl.NC(=O)[C@H]1CCN1c1ccc(Cc2cc3scnc3c(-c3cccc(Cl)c3)c2F)cn1. The first kappa shape index (κ1) is 22.5. The van der Waals surface area contributed by atoms with Crippen molar-refractivity contribution in [2.75, 3.05) is 11.4 Å². The van der Waals surface area contributed by atoms with Crippen molar-refractivity contribution in [1.82, 2.24) is 9.97 Å². The van der Waals surface area contributed by atoms with E-state index in [0.717, 1.165) is 23.2 Å². The van der Waals surface area contributed by atoms with E-state index in [1.54, 1.807) is 29.9 Å². The van der Waals surface area contributed by atoms with Crippen LogP contribution in [0.3, 0.4) is 0 Å². The van der Waals surface area contributed by atoms with Crippen molar-refractivity contribution in [1.29, 1.82) is 0 Å². The molecule has 5 nitrogen and oxygen atoms in total. The lowest BCUT2D eigenvalue weighted by molar-refractivity contribution is -0.120. The van der Waals surface area contributed by atoms with Crippen molar-refractivity contribution in [2.24, 2.45) is 5.73 Å². The van der Waals surface area contributed by atoms with Crippen LogP contribution in [-0.4, -0.2) is 28.5 Å². The normalized spacial score (nSPS) is 15.3. The number of aromatic nitrogens is 2. The van der Waals surface area contributed by atoms with Crippen LogP contribution in [0.4, 0.5) is 10.2 Å². The number of rotatable bonds is 5. The highest BCUT2D eigenvalue weighted by molar-refractivity contribution is 7.16. The third kappa shape index (κ3) is 4.03. The highest BCUT2D eigenvalue weighted by Crippen LogP contribution is 2.36. The predicted molar refractivity (Wildman–Crippen MR) is 129 cm³/mol. The van der Waals surface area contributed by atoms with Crippen LogP contribution in [0, 0.1) is 5.82 Å². The molecular formula is C23H19Cl2FN4OS. The van der Waals surface area contributed by atoms with Gasteiger partial charge < -0.3 is 10.6 Å². The number of nitrogens with two attached hydrogens (primary N) is 1. The van der Waals surface area contributed by atoms with E-state index in [2.05, 4.69) is 9.97 Å². The number of carbonyl (C=O) groups excluding carboxylic acids is 1. The van der Waals surface area contributed by atoms with Crippen LogP contribution < -0.4 is 10.6 Å². The Hall–Kier alpha value is -2.74. The fraction of sp³-hybridized carbons (Fsp3) is 0.174. The Balaban J connectivity index is 0.00000245. The second-order valence-electron chi connectivity index (χ2n) is 7.54. The first-order chi connectivity index (χ1) is 15.0. The highest BCUT2D eigenvalue weighted by Gasteiger charge is 2.33. The Kier molecular flexibility index (Phi) is 6.33. The molecule has 1 aliphatic heterocycles. The first-order valence-corrected chi connectivity index (χ1v) is 11.1. The largest absolute Gasteiger partial charge is 0.368 e. The van der Waals surface area contributed by atoms with Crippen molar-refractivity contribution < 1.29 is 9.18 Å². The van der Waals surface area contributed by atoms with Gasteiger partial charge in [-0.2, -0.15) is 0 Å². The van der Waals surface area contributed by atoms with Gasteiger partial charge in [-0.1, -0.05) is 29.8 Å². The average molecular weight is 489 g/mol. The van der Waals surface area contributed by atoms with Gasteiger partial charge in [0.1, 0.15) is 17.7 Å². The maximum Gasteiger partial charge on any atom is 0.240 e. The smallest absolute Gasteiger partial charge is 0.240 e. The Morgan fingerprint density at radius 2 is 2.09 bits per heavy atom. The molecule has 0 aliphatic carbocycles. The summed E-state index contributed by atoms with van der Waals surface area (Å²) < 4.78 is 16.6. The summed E-state index contributed by atoms with van der Waals surface area (Å²) in [5.41, 5.74) is 10.4.